The van der Waals surface area contributed by atoms with Crippen molar-refractivity contribution in [3.63, 3.8) is 0 Å². The molecule has 0 aromatic heterocycles. The average Bonchev–Trinajstić information content (AvgIpc) is 2.36. The number of aliphatic hydroxyl groups is 1. The molecular formula is C9H16O3. The zero-order valence-corrected chi connectivity index (χ0v) is 7.45. The topological polar surface area (TPSA) is 46.5 Å². The third-order valence-electron chi connectivity index (χ3n) is 2.27. The molecular weight excluding hydrogens is 156 g/mol. The second kappa shape index (κ2) is 4.45. The van der Waals surface area contributed by atoms with Crippen molar-refractivity contribution in [2.75, 3.05) is 6.61 Å². The molecule has 3 heteroatoms. The molecule has 0 radical (unpaired) electrons. The van der Waals surface area contributed by atoms with Crippen LogP contribution in [0.15, 0.2) is 0 Å². The smallest absolute Gasteiger partial charge is 0.306 e. The van der Waals surface area contributed by atoms with Crippen LogP contribution in [0.2, 0.25) is 0 Å². The zero-order chi connectivity index (χ0) is 8.97. The molecule has 1 aliphatic carbocycles. The molecule has 0 amide bonds. The SMILES string of the molecule is CCOC(=O)CC1CCC(O)C1. The second-order valence-electron chi connectivity index (χ2n) is 3.34. The van der Waals surface area contributed by atoms with E-state index in [-0.39, 0.29) is 12.1 Å². The summed E-state index contributed by atoms with van der Waals surface area (Å²) in [6, 6.07) is 0. The quantitative estimate of drug-likeness (QED) is 0.648. The lowest BCUT2D eigenvalue weighted by molar-refractivity contribution is -0.144. The summed E-state index contributed by atoms with van der Waals surface area (Å²) in [5.41, 5.74) is 0. The number of esters is 1. The van der Waals surface area contributed by atoms with E-state index in [0.29, 0.717) is 18.9 Å². The molecule has 0 aromatic rings. The molecule has 1 rings (SSSR count). The molecule has 0 spiro atoms. The summed E-state index contributed by atoms with van der Waals surface area (Å²) in [5, 5.41) is 9.19. The van der Waals surface area contributed by atoms with Crippen molar-refractivity contribution in [3.05, 3.63) is 0 Å². The molecule has 1 aliphatic rings. The van der Waals surface area contributed by atoms with Crippen molar-refractivity contribution in [3.8, 4) is 0 Å². The summed E-state index contributed by atoms with van der Waals surface area (Å²) >= 11 is 0. The summed E-state index contributed by atoms with van der Waals surface area (Å²) in [4.78, 5) is 11.0. The lowest BCUT2D eigenvalue weighted by Crippen LogP contribution is -2.10. The van der Waals surface area contributed by atoms with E-state index in [2.05, 4.69) is 0 Å². The highest BCUT2D eigenvalue weighted by atomic mass is 16.5. The molecule has 0 aromatic carbocycles. The minimum absolute atomic E-state index is 0.128. The number of hydrogen-bond donors (Lipinski definition) is 1. The van der Waals surface area contributed by atoms with Gasteiger partial charge in [-0.3, -0.25) is 4.79 Å². The van der Waals surface area contributed by atoms with Crippen molar-refractivity contribution < 1.29 is 14.6 Å². The maximum atomic E-state index is 11.0. The fourth-order valence-corrected chi connectivity index (χ4v) is 1.69. The maximum Gasteiger partial charge on any atom is 0.306 e. The number of carbonyl (C=O) groups is 1. The summed E-state index contributed by atoms with van der Waals surface area (Å²) < 4.78 is 4.82. The maximum absolute atomic E-state index is 11.0. The van der Waals surface area contributed by atoms with Crippen LogP contribution in [0.5, 0.6) is 0 Å². The monoisotopic (exact) mass is 172 g/mol. The van der Waals surface area contributed by atoms with Crippen molar-refractivity contribution in [1.82, 2.24) is 0 Å². The summed E-state index contributed by atoms with van der Waals surface area (Å²) in [7, 11) is 0. The van der Waals surface area contributed by atoms with Crippen LogP contribution >= 0.6 is 0 Å². The van der Waals surface area contributed by atoms with E-state index < -0.39 is 0 Å². The Balaban J connectivity index is 2.18. The van der Waals surface area contributed by atoms with E-state index >= 15 is 0 Å². The molecule has 1 fully saturated rings. The van der Waals surface area contributed by atoms with Gasteiger partial charge in [-0.25, -0.2) is 0 Å². The Morgan fingerprint density at radius 3 is 2.83 bits per heavy atom. The molecule has 3 nitrogen and oxygen atoms in total. The summed E-state index contributed by atoms with van der Waals surface area (Å²) in [5.74, 6) is 0.218. The highest BCUT2D eigenvalue weighted by molar-refractivity contribution is 5.69. The van der Waals surface area contributed by atoms with Gasteiger partial charge in [-0.1, -0.05) is 0 Å². The first-order valence-corrected chi connectivity index (χ1v) is 4.56. The number of carbonyl (C=O) groups excluding carboxylic acids is 1. The molecule has 1 saturated carbocycles. The number of rotatable bonds is 3. The van der Waals surface area contributed by atoms with E-state index in [1.165, 1.54) is 0 Å². The zero-order valence-electron chi connectivity index (χ0n) is 7.45. The van der Waals surface area contributed by atoms with Crippen LogP contribution in [0.3, 0.4) is 0 Å². The molecule has 1 N–H and O–H groups in total. The Hall–Kier alpha value is -0.570. The van der Waals surface area contributed by atoms with Crippen molar-refractivity contribution in [2.24, 2.45) is 5.92 Å². The Morgan fingerprint density at radius 1 is 1.58 bits per heavy atom. The van der Waals surface area contributed by atoms with Gasteiger partial charge in [0.25, 0.3) is 0 Å². The standard InChI is InChI=1S/C9H16O3/c1-2-12-9(11)6-7-3-4-8(10)5-7/h7-8,10H,2-6H2,1H3. The minimum atomic E-state index is -0.190. The molecule has 0 saturated heterocycles. The van der Waals surface area contributed by atoms with Gasteiger partial charge in [0.05, 0.1) is 12.7 Å². The number of hydrogen-bond acceptors (Lipinski definition) is 3. The Labute approximate surface area is 72.7 Å². The van der Waals surface area contributed by atoms with Crippen LogP contribution in [0.1, 0.15) is 32.6 Å². The first kappa shape index (κ1) is 9.52. The molecule has 0 aliphatic heterocycles. The van der Waals surface area contributed by atoms with Crippen LogP contribution in [0.4, 0.5) is 0 Å². The van der Waals surface area contributed by atoms with Gasteiger partial charge < -0.3 is 9.84 Å². The Morgan fingerprint density at radius 2 is 2.33 bits per heavy atom. The predicted molar refractivity (Wildman–Crippen MR) is 44.6 cm³/mol. The Bertz CT molecular complexity index is 156. The number of aliphatic hydroxyl groups excluding tert-OH is 1. The lowest BCUT2D eigenvalue weighted by atomic mass is 10.0. The van der Waals surface area contributed by atoms with Crippen LogP contribution in [-0.2, 0) is 9.53 Å². The molecule has 2 unspecified atom stereocenters. The fraction of sp³-hybridized carbons (Fsp3) is 0.889. The highest BCUT2D eigenvalue weighted by Gasteiger charge is 2.24. The average molecular weight is 172 g/mol. The largest absolute Gasteiger partial charge is 0.466 e. The van der Waals surface area contributed by atoms with Gasteiger partial charge in [-0.15, -0.1) is 0 Å². The van der Waals surface area contributed by atoms with Gasteiger partial charge >= 0.3 is 5.97 Å². The van der Waals surface area contributed by atoms with E-state index in [1.807, 2.05) is 0 Å². The molecule has 70 valence electrons. The lowest BCUT2D eigenvalue weighted by Gasteiger charge is -2.07. The van der Waals surface area contributed by atoms with Gasteiger partial charge in [0.15, 0.2) is 0 Å². The Kier molecular flexibility index (Phi) is 3.53. The van der Waals surface area contributed by atoms with Gasteiger partial charge in [-0.2, -0.15) is 0 Å². The predicted octanol–water partition coefficient (Wildman–Crippen LogP) is 1.10. The van der Waals surface area contributed by atoms with Crippen molar-refractivity contribution >= 4 is 5.97 Å². The first-order chi connectivity index (χ1) is 5.72. The van der Waals surface area contributed by atoms with Gasteiger partial charge in [-0.05, 0) is 32.1 Å². The minimum Gasteiger partial charge on any atom is -0.466 e. The summed E-state index contributed by atoms with van der Waals surface area (Å²) in [6.07, 6.45) is 2.85. The van der Waals surface area contributed by atoms with E-state index in [0.717, 1.165) is 19.3 Å². The van der Waals surface area contributed by atoms with Gasteiger partial charge in [0, 0.05) is 6.42 Å². The molecule has 0 heterocycles. The van der Waals surface area contributed by atoms with Crippen molar-refractivity contribution in [2.45, 2.75) is 38.7 Å². The second-order valence-corrected chi connectivity index (χ2v) is 3.34. The third-order valence-corrected chi connectivity index (χ3v) is 2.27. The van der Waals surface area contributed by atoms with Gasteiger partial charge in [0.1, 0.15) is 0 Å². The molecule has 12 heavy (non-hydrogen) atoms. The fourth-order valence-electron chi connectivity index (χ4n) is 1.69. The van der Waals surface area contributed by atoms with Crippen LogP contribution < -0.4 is 0 Å². The molecule has 2 atom stereocenters. The summed E-state index contributed by atoms with van der Waals surface area (Å²) in [6.45, 7) is 2.26. The highest BCUT2D eigenvalue weighted by Crippen LogP contribution is 2.28. The van der Waals surface area contributed by atoms with E-state index in [4.69, 9.17) is 4.74 Å². The normalized spacial score (nSPS) is 28.8. The van der Waals surface area contributed by atoms with Crippen LogP contribution in [0.25, 0.3) is 0 Å². The van der Waals surface area contributed by atoms with Crippen LogP contribution in [0, 0.1) is 5.92 Å². The van der Waals surface area contributed by atoms with E-state index in [9.17, 15) is 9.90 Å². The van der Waals surface area contributed by atoms with E-state index in [1.54, 1.807) is 6.92 Å². The van der Waals surface area contributed by atoms with Crippen molar-refractivity contribution in [1.29, 1.82) is 0 Å². The number of ether oxygens (including phenoxy) is 1. The molecule has 0 bridgehead atoms. The third kappa shape index (κ3) is 2.81. The van der Waals surface area contributed by atoms with Crippen LogP contribution in [-0.4, -0.2) is 23.8 Å². The first-order valence-electron chi connectivity index (χ1n) is 4.56. The van der Waals surface area contributed by atoms with Gasteiger partial charge in [0.2, 0.25) is 0 Å².